The van der Waals surface area contributed by atoms with E-state index in [2.05, 4.69) is 20.9 Å². The van der Waals surface area contributed by atoms with Gasteiger partial charge in [0.15, 0.2) is 5.69 Å². The zero-order valence-corrected chi connectivity index (χ0v) is 16.0. The molecule has 0 radical (unpaired) electrons. The lowest BCUT2D eigenvalue weighted by atomic mass is 10.0. The van der Waals surface area contributed by atoms with E-state index < -0.39 is 24.0 Å². The van der Waals surface area contributed by atoms with Crippen LogP contribution in [0.3, 0.4) is 0 Å². The lowest BCUT2D eigenvalue weighted by molar-refractivity contribution is -0.139. The number of aromatic nitrogens is 3. The predicted octanol–water partition coefficient (Wildman–Crippen LogP) is 1.00. The van der Waals surface area contributed by atoms with Crippen LogP contribution in [0.15, 0.2) is 47.8 Å². The maximum atomic E-state index is 12.3. The Morgan fingerprint density at radius 3 is 2.66 bits per heavy atom. The van der Waals surface area contributed by atoms with Crippen molar-refractivity contribution in [3.8, 4) is 0 Å². The minimum Gasteiger partial charge on any atom is -0.463 e. The van der Waals surface area contributed by atoms with Gasteiger partial charge >= 0.3 is 18.0 Å². The Bertz CT molecular complexity index is 937. The third-order valence-corrected chi connectivity index (χ3v) is 4.15. The molecule has 2 N–H and O–H groups in total. The number of nitrogens with one attached hydrogen (secondary N) is 2. The quantitative estimate of drug-likeness (QED) is 0.666. The SMILES string of the molecule is CCOC(=O)C1=C(COC(=O)c2cn(Cc3ccccc3)nn2)NC(=O)NC1C. The number of carbonyl (C=O) groups is 3. The van der Waals surface area contributed by atoms with E-state index in [1.807, 2.05) is 30.3 Å². The molecule has 3 rings (SSSR count). The van der Waals surface area contributed by atoms with E-state index in [1.54, 1.807) is 13.8 Å². The van der Waals surface area contributed by atoms with E-state index >= 15 is 0 Å². The van der Waals surface area contributed by atoms with Gasteiger partial charge in [-0.15, -0.1) is 5.10 Å². The van der Waals surface area contributed by atoms with Gasteiger partial charge in [0.25, 0.3) is 0 Å². The van der Waals surface area contributed by atoms with Gasteiger partial charge in [0.1, 0.15) is 6.61 Å². The van der Waals surface area contributed by atoms with E-state index in [0.29, 0.717) is 6.54 Å². The van der Waals surface area contributed by atoms with E-state index in [9.17, 15) is 14.4 Å². The average molecular weight is 399 g/mol. The van der Waals surface area contributed by atoms with Gasteiger partial charge < -0.3 is 20.1 Å². The molecular weight excluding hydrogens is 378 g/mol. The Kier molecular flexibility index (Phi) is 6.22. The molecule has 0 spiro atoms. The molecule has 2 aromatic rings. The van der Waals surface area contributed by atoms with Crippen molar-refractivity contribution < 1.29 is 23.9 Å². The Labute approximate surface area is 166 Å². The molecule has 2 amide bonds. The van der Waals surface area contributed by atoms with Crippen LogP contribution in [0.2, 0.25) is 0 Å². The summed E-state index contributed by atoms with van der Waals surface area (Å²) < 4.78 is 11.8. The predicted molar refractivity (Wildman–Crippen MR) is 101 cm³/mol. The van der Waals surface area contributed by atoms with Crippen LogP contribution >= 0.6 is 0 Å². The van der Waals surface area contributed by atoms with Gasteiger partial charge in [0.2, 0.25) is 0 Å². The van der Waals surface area contributed by atoms with Crippen LogP contribution in [0.4, 0.5) is 4.79 Å². The molecule has 1 unspecified atom stereocenters. The summed E-state index contributed by atoms with van der Waals surface area (Å²) >= 11 is 0. The Morgan fingerprint density at radius 1 is 1.17 bits per heavy atom. The third kappa shape index (κ3) is 4.98. The Balaban J connectivity index is 1.67. The van der Waals surface area contributed by atoms with Gasteiger partial charge in [0.05, 0.1) is 36.7 Å². The number of hydrogen-bond acceptors (Lipinski definition) is 7. The van der Waals surface area contributed by atoms with Crippen molar-refractivity contribution in [2.45, 2.75) is 26.4 Å². The van der Waals surface area contributed by atoms with Crippen LogP contribution in [0.1, 0.15) is 29.9 Å². The molecule has 152 valence electrons. The van der Waals surface area contributed by atoms with Gasteiger partial charge in [-0.3, -0.25) is 0 Å². The number of urea groups is 1. The molecule has 0 bridgehead atoms. The maximum Gasteiger partial charge on any atom is 0.360 e. The number of esters is 2. The number of amides is 2. The molecule has 0 saturated heterocycles. The van der Waals surface area contributed by atoms with Crippen LogP contribution in [-0.2, 0) is 20.8 Å². The first kappa shape index (κ1) is 20.1. The maximum absolute atomic E-state index is 12.3. The van der Waals surface area contributed by atoms with E-state index in [0.717, 1.165) is 5.56 Å². The fourth-order valence-corrected chi connectivity index (χ4v) is 2.84. The van der Waals surface area contributed by atoms with Gasteiger partial charge in [-0.05, 0) is 19.4 Å². The minimum atomic E-state index is -0.722. The van der Waals surface area contributed by atoms with Crippen molar-refractivity contribution in [3.05, 3.63) is 59.1 Å². The second-order valence-corrected chi connectivity index (χ2v) is 6.30. The summed E-state index contributed by atoms with van der Waals surface area (Å²) in [4.78, 5) is 36.2. The first-order chi connectivity index (χ1) is 14.0. The monoisotopic (exact) mass is 399 g/mol. The number of rotatable bonds is 7. The highest BCUT2D eigenvalue weighted by Gasteiger charge is 2.30. The van der Waals surface area contributed by atoms with Crippen LogP contribution in [0.25, 0.3) is 0 Å². The number of nitrogens with zero attached hydrogens (tertiary/aromatic N) is 3. The zero-order chi connectivity index (χ0) is 20.8. The molecule has 10 heteroatoms. The highest BCUT2D eigenvalue weighted by molar-refractivity contribution is 5.95. The van der Waals surface area contributed by atoms with Crippen molar-refractivity contribution in [1.29, 1.82) is 0 Å². The van der Waals surface area contributed by atoms with E-state index in [4.69, 9.17) is 9.47 Å². The molecule has 1 aromatic carbocycles. The first-order valence-electron chi connectivity index (χ1n) is 9.06. The summed E-state index contributed by atoms with van der Waals surface area (Å²) in [7, 11) is 0. The molecule has 1 atom stereocenters. The highest BCUT2D eigenvalue weighted by atomic mass is 16.5. The van der Waals surface area contributed by atoms with Crippen LogP contribution in [-0.4, -0.2) is 52.2 Å². The molecule has 1 aromatic heterocycles. The van der Waals surface area contributed by atoms with Gasteiger partial charge in [-0.1, -0.05) is 35.5 Å². The normalized spacial score (nSPS) is 16.1. The van der Waals surface area contributed by atoms with Crippen LogP contribution < -0.4 is 10.6 Å². The number of ether oxygens (including phenoxy) is 2. The molecule has 0 saturated carbocycles. The Morgan fingerprint density at radius 2 is 1.93 bits per heavy atom. The second-order valence-electron chi connectivity index (χ2n) is 6.30. The summed E-state index contributed by atoms with van der Waals surface area (Å²) in [5.41, 5.74) is 1.40. The summed E-state index contributed by atoms with van der Waals surface area (Å²) in [6.45, 7) is 3.65. The van der Waals surface area contributed by atoms with E-state index in [-0.39, 0.29) is 30.2 Å². The average Bonchev–Trinajstić information content (AvgIpc) is 3.15. The van der Waals surface area contributed by atoms with Crippen molar-refractivity contribution in [1.82, 2.24) is 25.6 Å². The molecule has 1 aliphatic rings. The smallest absolute Gasteiger partial charge is 0.360 e. The number of carbonyl (C=O) groups excluding carboxylic acids is 3. The second kappa shape index (κ2) is 9.00. The molecule has 0 aliphatic carbocycles. The highest BCUT2D eigenvalue weighted by Crippen LogP contribution is 2.15. The van der Waals surface area contributed by atoms with Gasteiger partial charge in [-0.2, -0.15) is 0 Å². The van der Waals surface area contributed by atoms with Crippen LogP contribution in [0.5, 0.6) is 0 Å². The molecular formula is C19H21N5O5. The van der Waals surface area contributed by atoms with E-state index in [1.165, 1.54) is 10.9 Å². The lowest BCUT2D eigenvalue weighted by Gasteiger charge is -2.26. The number of hydrogen-bond donors (Lipinski definition) is 2. The lowest BCUT2D eigenvalue weighted by Crippen LogP contribution is -2.50. The number of benzene rings is 1. The van der Waals surface area contributed by atoms with Gasteiger partial charge in [-0.25, -0.2) is 19.1 Å². The standard InChI is InChI=1S/C19H21N5O5/c1-3-28-18(26)16-12(2)20-19(27)21-15(16)11-29-17(25)14-10-24(23-22-14)9-13-7-5-4-6-8-13/h4-8,10,12H,3,9,11H2,1-2H3,(H2,20,21,27). The Hall–Kier alpha value is -3.69. The van der Waals surface area contributed by atoms with Crippen molar-refractivity contribution in [2.24, 2.45) is 0 Å². The molecule has 2 heterocycles. The third-order valence-electron chi connectivity index (χ3n) is 4.15. The van der Waals surface area contributed by atoms with Crippen molar-refractivity contribution in [3.63, 3.8) is 0 Å². The summed E-state index contributed by atoms with van der Waals surface area (Å²) in [5.74, 6) is -1.31. The molecule has 10 nitrogen and oxygen atoms in total. The molecule has 1 aliphatic heterocycles. The fourth-order valence-electron chi connectivity index (χ4n) is 2.84. The fraction of sp³-hybridized carbons (Fsp3) is 0.316. The van der Waals surface area contributed by atoms with Crippen LogP contribution in [0, 0.1) is 0 Å². The minimum absolute atomic E-state index is 0.0209. The molecule has 0 fully saturated rings. The first-order valence-corrected chi connectivity index (χ1v) is 9.06. The summed E-state index contributed by atoms with van der Waals surface area (Å²) in [6.07, 6.45) is 1.47. The summed E-state index contributed by atoms with van der Waals surface area (Å²) in [5, 5.41) is 12.8. The topological polar surface area (TPSA) is 124 Å². The largest absolute Gasteiger partial charge is 0.463 e. The molecule has 29 heavy (non-hydrogen) atoms. The van der Waals surface area contributed by atoms with Crippen molar-refractivity contribution >= 4 is 18.0 Å². The van der Waals surface area contributed by atoms with Gasteiger partial charge in [0, 0.05) is 0 Å². The van der Waals surface area contributed by atoms with Crippen molar-refractivity contribution in [2.75, 3.05) is 13.2 Å². The summed E-state index contributed by atoms with van der Waals surface area (Å²) in [6, 6.07) is 8.52. The zero-order valence-electron chi connectivity index (χ0n) is 16.0.